The van der Waals surface area contributed by atoms with Gasteiger partial charge < -0.3 is 0 Å². The number of hydrogen-bond acceptors (Lipinski definition) is 1. The van der Waals surface area contributed by atoms with Crippen molar-refractivity contribution < 1.29 is 13.3 Å². The van der Waals surface area contributed by atoms with Gasteiger partial charge in [0.1, 0.15) is 0 Å². The third-order valence-corrected chi connectivity index (χ3v) is 1.55. The van der Waals surface area contributed by atoms with Gasteiger partial charge in [0, 0.05) is 12.4 Å². The quantitative estimate of drug-likeness (QED) is 0.483. The minimum atomic E-state index is 0.530. The van der Waals surface area contributed by atoms with E-state index in [2.05, 4.69) is 54.3 Å². The molecule has 0 spiro atoms. The number of benzene rings is 1. The second-order valence-corrected chi connectivity index (χ2v) is 18.5. The number of fused-ring (bicyclic) bond motifs is 1. The molecule has 0 saturated carbocycles. The van der Waals surface area contributed by atoms with Gasteiger partial charge in [-0.15, -0.1) is 0 Å². The average molecular weight is 510 g/mol. The monoisotopic (exact) mass is 510 g/mol. The Kier molecular flexibility index (Phi) is 6.55. The summed E-state index contributed by atoms with van der Waals surface area (Å²) in [5.41, 5.74) is 0. The summed E-state index contributed by atoms with van der Waals surface area (Å²) in [5.74, 6) is 0. The Morgan fingerprint density at radius 2 is 1.62 bits per heavy atom. The Morgan fingerprint density at radius 1 is 1.00 bits per heavy atom. The summed E-state index contributed by atoms with van der Waals surface area (Å²) >= 11 is 5.30. The minimum absolute atomic E-state index is 0.530. The van der Waals surface area contributed by atoms with Gasteiger partial charge in [-0.05, 0) is 16.8 Å². The number of aromatic nitrogens is 1. The molecule has 0 atom stereocenters. The van der Waals surface area contributed by atoms with Crippen LogP contribution in [0.25, 0.3) is 10.8 Å². The van der Waals surface area contributed by atoms with Crippen LogP contribution >= 0.6 is 37.2 Å². The SMILES string of the molecule is I[I-]I.c1ccc2cnccc2c1. The summed E-state index contributed by atoms with van der Waals surface area (Å²) in [5, 5.41) is 2.45. The Morgan fingerprint density at radius 3 is 2.23 bits per heavy atom. The van der Waals surface area contributed by atoms with Crippen molar-refractivity contribution in [3.8, 4) is 0 Å². The zero-order chi connectivity index (χ0) is 9.52. The Balaban J connectivity index is 0.000000251. The molecule has 0 radical (unpaired) electrons. The maximum Gasteiger partial charge on any atom is 0.0346 e. The van der Waals surface area contributed by atoms with Crippen LogP contribution < -0.4 is 13.3 Å². The number of halogens is 3. The number of hydrogen-bond donors (Lipinski definition) is 0. The molecule has 0 aliphatic carbocycles. The van der Waals surface area contributed by atoms with Crippen molar-refractivity contribution in [3.05, 3.63) is 42.7 Å². The maximum absolute atomic E-state index is 4.01. The van der Waals surface area contributed by atoms with E-state index < -0.39 is 0 Å². The third kappa shape index (κ3) is 4.24. The van der Waals surface area contributed by atoms with E-state index >= 15 is 0 Å². The fraction of sp³-hybridized carbons (Fsp3) is 0. The van der Waals surface area contributed by atoms with Crippen LogP contribution in [-0.2, 0) is 0 Å². The minimum Gasteiger partial charge on any atom is -0.264 e. The van der Waals surface area contributed by atoms with Crippen LogP contribution in [0.4, 0.5) is 0 Å². The van der Waals surface area contributed by atoms with E-state index in [1.54, 1.807) is 0 Å². The van der Waals surface area contributed by atoms with Crippen molar-refractivity contribution in [2.75, 3.05) is 0 Å². The summed E-state index contributed by atoms with van der Waals surface area (Å²) in [6.07, 6.45) is 3.68. The standard InChI is InChI=1S/C9H7N.I3/c1-2-4-9-7-10-6-5-8(9)3-1;1-3-2/h1-7H;/q;-1. The van der Waals surface area contributed by atoms with Crippen molar-refractivity contribution in [1.82, 2.24) is 4.98 Å². The van der Waals surface area contributed by atoms with E-state index in [1.807, 2.05) is 30.6 Å². The van der Waals surface area contributed by atoms with Crippen molar-refractivity contribution in [1.29, 1.82) is 0 Å². The van der Waals surface area contributed by atoms with Crippen LogP contribution in [0.15, 0.2) is 42.7 Å². The van der Waals surface area contributed by atoms with Gasteiger partial charge in [-0.25, -0.2) is 0 Å². The first-order valence-electron chi connectivity index (χ1n) is 3.54. The second-order valence-electron chi connectivity index (χ2n) is 2.28. The van der Waals surface area contributed by atoms with Gasteiger partial charge in [0.2, 0.25) is 0 Å². The summed E-state index contributed by atoms with van der Waals surface area (Å²) in [6, 6.07) is 10.2. The van der Waals surface area contributed by atoms with E-state index in [1.165, 1.54) is 10.8 Å². The van der Waals surface area contributed by atoms with E-state index in [-0.39, 0.29) is 0 Å². The zero-order valence-electron chi connectivity index (χ0n) is 6.62. The molecule has 1 nitrogen and oxygen atoms in total. The molecule has 0 bridgehead atoms. The molecule has 1 heterocycles. The molecule has 1 aromatic carbocycles. The first-order chi connectivity index (χ1) is 6.38. The fourth-order valence-electron chi connectivity index (χ4n) is 1.03. The van der Waals surface area contributed by atoms with Crippen molar-refractivity contribution in [3.63, 3.8) is 0 Å². The molecule has 1 aromatic heterocycles. The Bertz CT molecular complexity index is 299. The third-order valence-electron chi connectivity index (χ3n) is 1.55. The first-order valence-corrected chi connectivity index (χ1v) is 16.1. The number of pyridine rings is 1. The van der Waals surface area contributed by atoms with Crippen molar-refractivity contribution in [2.45, 2.75) is 0 Å². The van der Waals surface area contributed by atoms with Gasteiger partial charge in [0.05, 0.1) is 0 Å². The summed E-state index contributed by atoms with van der Waals surface area (Å²) in [6.45, 7) is 0. The average Bonchev–Trinajstić information content (AvgIpc) is 2.19. The van der Waals surface area contributed by atoms with E-state index in [0.29, 0.717) is 13.3 Å². The van der Waals surface area contributed by atoms with Crippen LogP contribution in [0, 0.1) is 0 Å². The second kappa shape index (κ2) is 7.16. The smallest absolute Gasteiger partial charge is 0.0346 e. The van der Waals surface area contributed by atoms with Crippen LogP contribution in [0.5, 0.6) is 0 Å². The topological polar surface area (TPSA) is 12.9 Å². The van der Waals surface area contributed by atoms with Crippen LogP contribution in [-0.4, -0.2) is 4.98 Å². The van der Waals surface area contributed by atoms with Crippen molar-refractivity contribution in [2.24, 2.45) is 0 Å². The molecule has 0 fully saturated rings. The van der Waals surface area contributed by atoms with Gasteiger partial charge in [0.25, 0.3) is 0 Å². The van der Waals surface area contributed by atoms with E-state index in [0.717, 1.165) is 0 Å². The molecule has 0 amide bonds. The van der Waals surface area contributed by atoms with Crippen LogP contribution in [0.3, 0.4) is 0 Å². The van der Waals surface area contributed by atoms with Crippen molar-refractivity contribution >= 4 is 48.0 Å². The van der Waals surface area contributed by atoms with E-state index in [9.17, 15) is 0 Å². The summed E-state index contributed by atoms with van der Waals surface area (Å²) < 4.78 is 0. The number of rotatable bonds is 0. The van der Waals surface area contributed by atoms with Crippen LogP contribution in [0.1, 0.15) is 0 Å². The molecule has 0 saturated heterocycles. The Hall–Kier alpha value is 0.820. The summed E-state index contributed by atoms with van der Waals surface area (Å²) in [4.78, 5) is 4.01. The molecule has 13 heavy (non-hydrogen) atoms. The Labute approximate surface area is 107 Å². The molecule has 4 heteroatoms. The maximum atomic E-state index is 4.01. The molecular formula is C9H7I3N-. The molecule has 0 unspecified atom stereocenters. The van der Waals surface area contributed by atoms with Gasteiger partial charge in [-0.2, -0.15) is 0 Å². The molecule has 2 rings (SSSR count). The molecular weight excluding hydrogens is 503 g/mol. The zero-order valence-corrected chi connectivity index (χ0v) is 13.1. The van der Waals surface area contributed by atoms with Gasteiger partial charge in [-0.1, -0.05) is 24.3 Å². The fourth-order valence-corrected chi connectivity index (χ4v) is 1.03. The van der Waals surface area contributed by atoms with Gasteiger partial charge >= 0.3 is 50.5 Å². The largest absolute Gasteiger partial charge is 0.264 e. The predicted molar refractivity (Wildman–Crippen MR) is 69.8 cm³/mol. The molecule has 2 aromatic rings. The van der Waals surface area contributed by atoms with Gasteiger partial charge in [0.15, 0.2) is 0 Å². The predicted octanol–water partition coefficient (Wildman–Crippen LogP) is 1.01. The normalized spacial score (nSPS) is 9.38. The molecule has 70 valence electrons. The molecule has 0 N–H and O–H groups in total. The van der Waals surface area contributed by atoms with E-state index in [4.69, 9.17) is 0 Å². The molecule has 0 aliphatic heterocycles. The molecule has 0 aliphatic rings. The van der Waals surface area contributed by atoms with Crippen LogP contribution in [0.2, 0.25) is 0 Å². The summed E-state index contributed by atoms with van der Waals surface area (Å²) in [7, 11) is 0. The van der Waals surface area contributed by atoms with Gasteiger partial charge in [-0.3, -0.25) is 4.98 Å². The number of nitrogens with zero attached hydrogens (tertiary/aromatic N) is 1. The first kappa shape index (κ1) is 11.9.